The molecule has 2 rings (SSSR count). The molecule has 21 heavy (non-hydrogen) atoms. The van der Waals surface area contributed by atoms with Crippen LogP contribution in [-0.4, -0.2) is 8.42 Å². The zero-order valence-electron chi connectivity index (χ0n) is 10.2. The Kier molecular flexibility index (Phi) is 4.40. The van der Waals surface area contributed by atoms with Gasteiger partial charge in [-0.3, -0.25) is 4.72 Å². The van der Waals surface area contributed by atoms with Gasteiger partial charge >= 0.3 is 0 Å². The van der Waals surface area contributed by atoms with Crippen molar-refractivity contribution >= 4 is 48.9 Å². The number of nitrogen functional groups attached to an aromatic ring is 1. The fourth-order valence-corrected chi connectivity index (χ4v) is 3.90. The van der Waals surface area contributed by atoms with Crippen molar-refractivity contribution in [3.63, 3.8) is 0 Å². The fourth-order valence-electron chi connectivity index (χ4n) is 1.57. The molecule has 0 radical (unpaired) electrons. The monoisotopic (exact) mass is 396 g/mol. The number of hydrogen-bond donors (Lipinski definition) is 2. The summed E-state index contributed by atoms with van der Waals surface area (Å²) in [5.74, 6) is -1.39. The third-order valence-corrected chi connectivity index (χ3v) is 4.84. The predicted molar refractivity (Wildman–Crippen MR) is 80.7 cm³/mol. The van der Waals surface area contributed by atoms with Gasteiger partial charge in [-0.2, -0.15) is 0 Å². The van der Waals surface area contributed by atoms with E-state index in [0.717, 1.165) is 30.3 Å². The lowest BCUT2D eigenvalue weighted by atomic mass is 10.3. The van der Waals surface area contributed by atoms with Crippen LogP contribution in [0.3, 0.4) is 0 Å². The van der Waals surface area contributed by atoms with Gasteiger partial charge in [0.1, 0.15) is 16.5 Å². The lowest BCUT2D eigenvalue weighted by molar-refractivity contribution is 0.595. The van der Waals surface area contributed by atoms with E-state index in [1.807, 2.05) is 0 Å². The van der Waals surface area contributed by atoms with E-state index in [0.29, 0.717) is 0 Å². The van der Waals surface area contributed by atoms with Crippen molar-refractivity contribution in [2.24, 2.45) is 0 Å². The van der Waals surface area contributed by atoms with Gasteiger partial charge in [-0.05, 0) is 46.3 Å². The third kappa shape index (κ3) is 3.45. The number of rotatable bonds is 3. The van der Waals surface area contributed by atoms with Gasteiger partial charge in [0, 0.05) is 4.47 Å². The fraction of sp³-hybridized carbons (Fsp3) is 0. The summed E-state index contributed by atoms with van der Waals surface area (Å²) < 4.78 is 53.0. The molecular weight excluding hydrogens is 390 g/mol. The summed E-state index contributed by atoms with van der Waals surface area (Å²) in [5.41, 5.74) is 5.34. The van der Waals surface area contributed by atoms with Crippen LogP contribution in [0.2, 0.25) is 5.02 Å². The first kappa shape index (κ1) is 16.0. The van der Waals surface area contributed by atoms with Gasteiger partial charge < -0.3 is 5.73 Å². The second-order valence-electron chi connectivity index (χ2n) is 4.03. The Morgan fingerprint density at radius 3 is 2.43 bits per heavy atom. The van der Waals surface area contributed by atoms with Crippen molar-refractivity contribution in [1.82, 2.24) is 0 Å². The third-order valence-electron chi connectivity index (χ3n) is 2.51. The Bertz CT molecular complexity index is 792. The Labute approximate surface area is 133 Å². The number of benzene rings is 2. The van der Waals surface area contributed by atoms with Gasteiger partial charge in [0.25, 0.3) is 10.0 Å². The van der Waals surface area contributed by atoms with Crippen LogP contribution in [-0.2, 0) is 10.0 Å². The van der Waals surface area contributed by atoms with Crippen LogP contribution < -0.4 is 10.5 Å². The summed E-state index contributed by atoms with van der Waals surface area (Å²) in [4.78, 5) is -0.435. The first-order valence-electron chi connectivity index (χ1n) is 5.43. The molecule has 0 unspecified atom stereocenters. The van der Waals surface area contributed by atoms with Crippen LogP contribution in [0, 0.1) is 11.6 Å². The van der Waals surface area contributed by atoms with E-state index >= 15 is 0 Å². The number of nitrogens with one attached hydrogen (secondary N) is 1. The normalized spacial score (nSPS) is 11.4. The second-order valence-corrected chi connectivity index (χ2v) is 6.94. The standard InChI is InChI=1S/C12H8BrClF2N2O2S/c13-8-3-7(16)4-9(14)12(8)18-21(19,20)11-5-6(15)1-2-10(11)17/h1-5,18H,17H2. The van der Waals surface area contributed by atoms with E-state index in [1.54, 1.807) is 0 Å². The predicted octanol–water partition coefficient (Wildman–Crippen LogP) is 3.76. The molecular formula is C12H8BrClF2N2O2S. The molecule has 112 valence electrons. The Morgan fingerprint density at radius 2 is 1.81 bits per heavy atom. The lowest BCUT2D eigenvalue weighted by Crippen LogP contribution is -2.16. The largest absolute Gasteiger partial charge is 0.398 e. The van der Waals surface area contributed by atoms with Gasteiger partial charge in [-0.25, -0.2) is 17.2 Å². The molecule has 0 atom stereocenters. The van der Waals surface area contributed by atoms with Gasteiger partial charge in [0.05, 0.1) is 16.4 Å². The molecule has 9 heteroatoms. The molecule has 0 amide bonds. The van der Waals surface area contributed by atoms with Crippen LogP contribution in [0.5, 0.6) is 0 Å². The highest BCUT2D eigenvalue weighted by atomic mass is 79.9. The quantitative estimate of drug-likeness (QED) is 0.775. The van der Waals surface area contributed by atoms with Crippen LogP contribution >= 0.6 is 27.5 Å². The maximum atomic E-state index is 13.2. The first-order valence-corrected chi connectivity index (χ1v) is 8.08. The summed E-state index contributed by atoms with van der Waals surface area (Å²) in [6.45, 7) is 0. The molecule has 0 saturated heterocycles. The van der Waals surface area contributed by atoms with Gasteiger partial charge in [0.15, 0.2) is 0 Å². The number of nitrogens with two attached hydrogens (primary N) is 1. The first-order chi connectivity index (χ1) is 9.70. The number of halogens is 4. The minimum atomic E-state index is -4.18. The molecule has 0 aromatic heterocycles. The number of anilines is 2. The molecule has 0 heterocycles. The average Bonchev–Trinajstić information content (AvgIpc) is 2.36. The van der Waals surface area contributed by atoms with E-state index in [2.05, 4.69) is 20.7 Å². The van der Waals surface area contributed by atoms with E-state index in [4.69, 9.17) is 17.3 Å². The molecule has 0 spiro atoms. The summed E-state index contributed by atoms with van der Waals surface area (Å²) in [6, 6.07) is 4.93. The van der Waals surface area contributed by atoms with E-state index in [-0.39, 0.29) is 20.9 Å². The summed E-state index contributed by atoms with van der Waals surface area (Å²) >= 11 is 8.80. The van der Waals surface area contributed by atoms with Crippen LogP contribution in [0.15, 0.2) is 39.7 Å². The maximum Gasteiger partial charge on any atom is 0.264 e. The SMILES string of the molecule is Nc1ccc(F)cc1S(=O)(=O)Nc1c(Cl)cc(F)cc1Br. The highest BCUT2D eigenvalue weighted by Gasteiger charge is 2.21. The molecule has 2 aromatic carbocycles. The van der Waals surface area contributed by atoms with Crippen molar-refractivity contribution in [2.75, 3.05) is 10.5 Å². The van der Waals surface area contributed by atoms with Crippen LogP contribution in [0.1, 0.15) is 0 Å². The van der Waals surface area contributed by atoms with Gasteiger partial charge in [-0.15, -0.1) is 0 Å². The minimum absolute atomic E-state index is 0.0678. The van der Waals surface area contributed by atoms with Gasteiger partial charge in [0.2, 0.25) is 0 Å². The van der Waals surface area contributed by atoms with Crippen LogP contribution in [0.25, 0.3) is 0 Å². The molecule has 0 saturated carbocycles. The average molecular weight is 398 g/mol. The van der Waals surface area contributed by atoms with Crippen molar-refractivity contribution in [2.45, 2.75) is 4.90 Å². The Balaban J connectivity index is 2.50. The summed E-state index contributed by atoms with van der Waals surface area (Å²) in [7, 11) is -4.18. The zero-order valence-corrected chi connectivity index (χ0v) is 13.4. The molecule has 4 nitrogen and oxygen atoms in total. The topological polar surface area (TPSA) is 72.2 Å². The smallest absolute Gasteiger partial charge is 0.264 e. The molecule has 0 fully saturated rings. The maximum absolute atomic E-state index is 13.2. The van der Waals surface area contributed by atoms with Crippen molar-refractivity contribution in [3.05, 3.63) is 51.5 Å². The molecule has 0 aliphatic rings. The van der Waals surface area contributed by atoms with Crippen LogP contribution in [0.4, 0.5) is 20.2 Å². The summed E-state index contributed by atoms with van der Waals surface area (Å²) in [6.07, 6.45) is 0. The highest BCUT2D eigenvalue weighted by molar-refractivity contribution is 9.10. The second kappa shape index (κ2) is 5.78. The Morgan fingerprint density at radius 1 is 1.14 bits per heavy atom. The van der Waals surface area contributed by atoms with Crippen molar-refractivity contribution in [1.29, 1.82) is 0 Å². The van der Waals surface area contributed by atoms with Crippen molar-refractivity contribution in [3.8, 4) is 0 Å². The highest BCUT2D eigenvalue weighted by Crippen LogP contribution is 2.34. The number of sulfonamides is 1. The zero-order chi connectivity index (χ0) is 15.8. The van der Waals surface area contributed by atoms with Crippen molar-refractivity contribution < 1.29 is 17.2 Å². The molecule has 2 aromatic rings. The molecule has 3 N–H and O–H groups in total. The lowest BCUT2D eigenvalue weighted by Gasteiger charge is -2.13. The number of hydrogen-bond acceptors (Lipinski definition) is 3. The van der Waals surface area contributed by atoms with E-state index in [1.165, 1.54) is 0 Å². The summed E-state index contributed by atoms with van der Waals surface area (Å²) in [5, 5.41) is -0.152. The minimum Gasteiger partial charge on any atom is -0.398 e. The molecule has 0 aliphatic heterocycles. The Hall–Kier alpha value is -1.38. The van der Waals surface area contributed by atoms with E-state index < -0.39 is 26.6 Å². The molecule has 0 aliphatic carbocycles. The van der Waals surface area contributed by atoms with E-state index in [9.17, 15) is 17.2 Å². The molecule has 0 bridgehead atoms. The van der Waals surface area contributed by atoms with Gasteiger partial charge in [-0.1, -0.05) is 11.6 Å².